The summed E-state index contributed by atoms with van der Waals surface area (Å²) in [5, 5.41) is 0. The van der Waals surface area contributed by atoms with Gasteiger partial charge in [0.25, 0.3) is 0 Å². The van der Waals surface area contributed by atoms with E-state index < -0.39 is 7.82 Å². The maximum atomic E-state index is 11.1. The molecule has 152 valence electrons. The van der Waals surface area contributed by atoms with Crippen molar-refractivity contribution < 1.29 is 18.9 Å². The van der Waals surface area contributed by atoms with Crippen molar-refractivity contribution in [2.75, 3.05) is 0 Å². The average Bonchev–Trinajstić information content (AvgIpc) is 2.56. The van der Waals surface area contributed by atoms with Crippen molar-refractivity contribution in [1.29, 1.82) is 0 Å². The maximum absolute atomic E-state index is 11.1. The van der Waals surface area contributed by atoms with Crippen LogP contribution in [0.15, 0.2) is 0 Å². The minimum absolute atomic E-state index is 0.185. The van der Waals surface area contributed by atoms with Crippen LogP contribution in [0.2, 0.25) is 0 Å². The molecule has 0 aliphatic rings. The van der Waals surface area contributed by atoms with Gasteiger partial charge in [0.05, 0.1) is 6.10 Å². The van der Waals surface area contributed by atoms with E-state index in [1.807, 2.05) is 13.8 Å². The molecular formula is C20H43O4P. The van der Waals surface area contributed by atoms with Gasteiger partial charge in [-0.3, -0.25) is 4.52 Å². The summed E-state index contributed by atoms with van der Waals surface area (Å²) in [6, 6.07) is 0. The van der Waals surface area contributed by atoms with E-state index >= 15 is 0 Å². The molecule has 25 heavy (non-hydrogen) atoms. The third kappa shape index (κ3) is 17.3. The van der Waals surface area contributed by atoms with E-state index in [4.69, 9.17) is 14.3 Å². The number of phosphoric acid groups is 1. The Morgan fingerprint density at radius 3 is 1.52 bits per heavy atom. The zero-order chi connectivity index (χ0) is 19.0. The molecule has 0 amide bonds. The summed E-state index contributed by atoms with van der Waals surface area (Å²) in [4.78, 5) is 18.1. The third-order valence-corrected chi connectivity index (χ3v) is 5.69. The van der Waals surface area contributed by atoms with E-state index in [0.717, 1.165) is 25.7 Å². The SMILES string of the molecule is CCCCCCCCCCCCCCCC(OP(=O)(O)O)C(C)CC. The molecule has 0 aromatic rings. The Kier molecular flexibility index (Phi) is 16.4. The van der Waals surface area contributed by atoms with E-state index in [9.17, 15) is 4.57 Å². The van der Waals surface area contributed by atoms with E-state index in [-0.39, 0.29) is 12.0 Å². The molecule has 5 heteroatoms. The fraction of sp³-hybridized carbons (Fsp3) is 1.00. The van der Waals surface area contributed by atoms with E-state index in [0.29, 0.717) is 0 Å². The molecule has 0 aliphatic heterocycles. The standard InChI is InChI=1S/C20H43O4P/c1-4-6-7-8-9-10-11-12-13-14-15-16-17-18-20(19(3)5-2)24-25(21,22)23/h19-20H,4-18H2,1-3H3,(H2,21,22,23). The van der Waals surface area contributed by atoms with Gasteiger partial charge in [-0.05, 0) is 12.3 Å². The molecule has 4 nitrogen and oxygen atoms in total. The highest BCUT2D eigenvalue weighted by Crippen LogP contribution is 2.40. The minimum atomic E-state index is -4.38. The van der Waals surface area contributed by atoms with Gasteiger partial charge in [0.1, 0.15) is 0 Å². The molecule has 2 unspecified atom stereocenters. The molecule has 0 aliphatic carbocycles. The lowest BCUT2D eigenvalue weighted by Crippen LogP contribution is -2.20. The highest BCUT2D eigenvalue weighted by Gasteiger charge is 2.25. The van der Waals surface area contributed by atoms with Crippen molar-refractivity contribution in [1.82, 2.24) is 0 Å². The number of hydrogen-bond acceptors (Lipinski definition) is 2. The largest absolute Gasteiger partial charge is 0.469 e. The van der Waals surface area contributed by atoms with Crippen molar-refractivity contribution in [3.63, 3.8) is 0 Å². The molecule has 0 radical (unpaired) electrons. The normalized spacial score (nSPS) is 14.6. The van der Waals surface area contributed by atoms with Gasteiger partial charge >= 0.3 is 7.82 Å². The first kappa shape index (κ1) is 25.1. The zero-order valence-electron chi connectivity index (χ0n) is 16.9. The van der Waals surface area contributed by atoms with Gasteiger partial charge < -0.3 is 9.79 Å². The summed E-state index contributed by atoms with van der Waals surface area (Å²) in [6.07, 6.45) is 18.3. The van der Waals surface area contributed by atoms with Crippen LogP contribution in [-0.4, -0.2) is 15.9 Å². The van der Waals surface area contributed by atoms with E-state index in [1.54, 1.807) is 0 Å². The summed E-state index contributed by atoms with van der Waals surface area (Å²) in [6.45, 7) is 6.29. The second-order valence-electron chi connectivity index (χ2n) is 7.55. The Labute approximate surface area is 156 Å². The summed E-state index contributed by atoms with van der Waals surface area (Å²) >= 11 is 0. The Hall–Kier alpha value is 0.110. The van der Waals surface area contributed by atoms with Crippen LogP contribution >= 0.6 is 7.82 Å². The van der Waals surface area contributed by atoms with Crippen molar-refractivity contribution >= 4 is 7.82 Å². The van der Waals surface area contributed by atoms with Crippen molar-refractivity contribution in [2.24, 2.45) is 5.92 Å². The van der Waals surface area contributed by atoms with Gasteiger partial charge in [-0.15, -0.1) is 0 Å². The Bertz CT molecular complexity index is 330. The summed E-state index contributed by atoms with van der Waals surface area (Å²) in [5.41, 5.74) is 0. The van der Waals surface area contributed by atoms with Crippen LogP contribution in [0.4, 0.5) is 0 Å². The molecule has 2 atom stereocenters. The van der Waals surface area contributed by atoms with Gasteiger partial charge in [-0.25, -0.2) is 4.57 Å². The molecule has 0 saturated carbocycles. The number of hydrogen-bond donors (Lipinski definition) is 2. The summed E-state index contributed by atoms with van der Waals surface area (Å²) in [7, 11) is -4.38. The average molecular weight is 379 g/mol. The molecule has 0 aromatic heterocycles. The highest BCUT2D eigenvalue weighted by atomic mass is 31.2. The first-order chi connectivity index (χ1) is 11.9. The third-order valence-electron chi connectivity index (χ3n) is 5.14. The molecule has 0 bridgehead atoms. The Morgan fingerprint density at radius 2 is 1.16 bits per heavy atom. The van der Waals surface area contributed by atoms with Crippen LogP contribution < -0.4 is 0 Å². The maximum Gasteiger partial charge on any atom is 0.469 e. The van der Waals surface area contributed by atoms with Gasteiger partial charge in [0, 0.05) is 0 Å². The van der Waals surface area contributed by atoms with E-state index in [1.165, 1.54) is 70.6 Å². The molecule has 0 rings (SSSR count). The van der Waals surface area contributed by atoms with Gasteiger partial charge in [0.15, 0.2) is 0 Å². The molecule has 2 N–H and O–H groups in total. The molecule has 0 spiro atoms. The van der Waals surface area contributed by atoms with Crippen LogP contribution in [0.1, 0.15) is 117 Å². The monoisotopic (exact) mass is 378 g/mol. The van der Waals surface area contributed by atoms with Gasteiger partial charge in [-0.2, -0.15) is 0 Å². The van der Waals surface area contributed by atoms with Crippen molar-refractivity contribution in [2.45, 2.75) is 123 Å². The fourth-order valence-electron chi connectivity index (χ4n) is 3.24. The highest BCUT2D eigenvalue weighted by molar-refractivity contribution is 7.46. The minimum Gasteiger partial charge on any atom is -0.303 e. The number of phosphoric ester groups is 1. The lowest BCUT2D eigenvalue weighted by Gasteiger charge is -2.23. The second kappa shape index (κ2) is 16.3. The predicted molar refractivity (Wildman–Crippen MR) is 107 cm³/mol. The van der Waals surface area contributed by atoms with Crippen LogP contribution in [0.25, 0.3) is 0 Å². The molecule has 0 fully saturated rings. The first-order valence-electron chi connectivity index (χ1n) is 10.6. The number of rotatable bonds is 18. The lowest BCUT2D eigenvalue weighted by atomic mass is 9.96. The fourth-order valence-corrected chi connectivity index (χ4v) is 3.91. The van der Waals surface area contributed by atoms with Crippen molar-refractivity contribution in [3.8, 4) is 0 Å². The lowest BCUT2D eigenvalue weighted by molar-refractivity contribution is 0.0838. The quantitative estimate of drug-likeness (QED) is 0.199. The Balaban J connectivity index is 3.53. The summed E-state index contributed by atoms with van der Waals surface area (Å²) < 4.78 is 16.0. The molecule has 0 aromatic carbocycles. The summed E-state index contributed by atoms with van der Waals surface area (Å²) in [5.74, 6) is 0.185. The second-order valence-corrected chi connectivity index (χ2v) is 8.74. The van der Waals surface area contributed by atoms with Gasteiger partial charge in [0.2, 0.25) is 0 Å². The smallest absolute Gasteiger partial charge is 0.303 e. The van der Waals surface area contributed by atoms with Crippen LogP contribution in [-0.2, 0) is 9.09 Å². The van der Waals surface area contributed by atoms with Crippen LogP contribution in [0, 0.1) is 5.92 Å². The van der Waals surface area contributed by atoms with Crippen molar-refractivity contribution in [3.05, 3.63) is 0 Å². The first-order valence-corrected chi connectivity index (χ1v) is 12.2. The zero-order valence-corrected chi connectivity index (χ0v) is 17.8. The van der Waals surface area contributed by atoms with Crippen LogP contribution in [0.3, 0.4) is 0 Å². The topological polar surface area (TPSA) is 66.8 Å². The molecular weight excluding hydrogens is 335 g/mol. The van der Waals surface area contributed by atoms with E-state index in [2.05, 4.69) is 6.92 Å². The predicted octanol–water partition coefficient (Wildman–Crippen LogP) is 6.99. The van der Waals surface area contributed by atoms with Gasteiger partial charge in [-0.1, -0.05) is 111 Å². The number of unbranched alkanes of at least 4 members (excludes halogenated alkanes) is 12. The van der Waals surface area contributed by atoms with Crippen LogP contribution in [0.5, 0.6) is 0 Å². The molecule has 0 heterocycles. The Morgan fingerprint density at radius 1 is 0.760 bits per heavy atom. The molecule has 0 saturated heterocycles.